The van der Waals surface area contributed by atoms with Gasteiger partial charge in [0.25, 0.3) is 0 Å². The minimum absolute atomic E-state index is 0.00937. The third kappa shape index (κ3) is 4.78. The molecule has 1 amide bonds. The van der Waals surface area contributed by atoms with E-state index >= 15 is 0 Å². The normalized spacial score (nSPS) is 14.6. The molecular weight excluding hydrogens is 342 g/mol. The molecule has 1 aromatic carbocycles. The highest BCUT2D eigenvalue weighted by molar-refractivity contribution is 5.92. The Labute approximate surface area is 159 Å². The third-order valence-electron chi connectivity index (χ3n) is 4.52. The van der Waals surface area contributed by atoms with Gasteiger partial charge < -0.3 is 14.8 Å². The van der Waals surface area contributed by atoms with Crippen LogP contribution >= 0.6 is 0 Å². The van der Waals surface area contributed by atoms with Crippen LogP contribution in [0.3, 0.4) is 0 Å². The first-order valence-electron chi connectivity index (χ1n) is 9.32. The fourth-order valence-electron chi connectivity index (χ4n) is 3.06. The molecule has 0 atom stereocenters. The predicted molar refractivity (Wildman–Crippen MR) is 104 cm³/mol. The molecule has 1 fully saturated rings. The Morgan fingerprint density at radius 3 is 2.63 bits per heavy atom. The number of hydrogen-bond acceptors (Lipinski definition) is 4. The molecule has 1 N–H and O–H groups in total. The van der Waals surface area contributed by atoms with Crippen LogP contribution in [0.1, 0.15) is 18.9 Å². The smallest absolute Gasteiger partial charge is 0.316 e. The average molecular weight is 368 g/mol. The van der Waals surface area contributed by atoms with E-state index < -0.39 is 0 Å². The van der Waals surface area contributed by atoms with E-state index in [0.29, 0.717) is 32.8 Å². The van der Waals surface area contributed by atoms with Crippen LogP contribution in [0, 0.1) is 0 Å². The van der Waals surface area contributed by atoms with Crippen LogP contribution in [-0.2, 0) is 4.79 Å². The zero-order chi connectivity index (χ0) is 19.1. The zero-order valence-electron chi connectivity index (χ0n) is 15.6. The van der Waals surface area contributed by atoms with Gasteiger partial charge in [-0.2, -0.15) is 0 Å². The lowest BCUT2D eigenvalue weighted by molar-refractivity contribution is -0.894. The van der Waals surface area contributed by atoms with Crippen molar-refractivity contribution in [2.75, 3.05) is 37.7 Å². The molecule has 0 saturated carbocycles. The lowest BCUT2D eigenvalue weighted by Crippen LogP contribution is -2.51. The summed E-state index contributed by atoms with van der Waals surface area (Å²) in [6.45, 7) is 5.32. The number of ether oxygens (including phenoxy) is 1. The average Bonchev–Trinajstić information content (AvgIpc) is 2.71. The number of carbonyl (C=O) groups is 1. The second-order valence-corrected chi connectivity index (χ2v) is 6.44. The monoisotopic (exact) mass is 368 g/mol. The highest BCUT2D eigenvalue weighted by atomic mass is 16.5. The SMILES string of the molecule is CCCOc1ccccc1/C=C/C(=O)N1CCN(c2cccc[n+]2O)CC1. The molecule has 2 heterocycles. The van der Waals surface area contributed by atoms with Crippen LogP contribution in [0.15, 0.2) is 54.7 Å². The van der Waals surface area contributed by atoms with Gasteiger partial charge in [-0.15, -0.1) is 0 Å². The van der Waals surface area contributed by atoms with Crippen LogP contribution in [-0.4, -0.2) is 48.8 Å². The minimum atomic E-state index is -0.00937. The van der Waals surface area contributed by atoms with Crippen molar-refractivity contribution in [2.45, 2.75) is 13.3 Å². The first-order valence-corrected chi connectivity index (χ1v) is 9.32. The van der Waals surface area contributed by atoms with E-state index in [2.05, 4.69) is 11.8 Å². The Bertz CT molecular complexity index is 799. The van der Waals surface area contributed by atoms with Gasteiger partial charge in [0.15, 0.2) is 0 Å². The minimum Gasteiger partial charge on any atom is -0.493 e. The summed E-state index contributed by atoms with van der Waals surface area (Å²) in [7, 11) is 0. The standard InChI is InChI=1S/C21H26N3O3/c1-2-17-27-19-8-4-3-7-18(19)10-11-21(25)23-15-13-22(14-16-23)20-9-5-6-12-24(20)26/h3-12,26H,2,13-17H2,1H3/q+1/b11-10+. The highest BCUT2D eigenvalue weighted by Gasteiger charge is 2.26. The van der Waals surface area contributed by atoms with Crippen LogP contribution in [0.5, 0.6) is 5.75 Å². The summed E-state index contributed by atoms with van der Waals surface area (Å²) < 4.78 is 6.85. The van der Waals surface area contributed by atoms with Crippen molar-refractivity contribution in [2.24, 2.45) is 0 Å². The molecule has 1 aliphatic rings. The number of anilines is 1. The molecule has 0 aliphatic carbocycles. The number of carbonyl (C=O) groups excluding carboxylic acids is 1. The maximum atomic E-state index is 12.5. The Kier molecular flexibility index (Phi) is 6.30. The molecule has 2 aromatic rings. The van der Waals surface area contributed by atoms with Gasteiger partial charge in [0.2, 0.25) is 5.91 Å². The van der Waals surface area contributed by atoms with Gasteiger partial charge in [0.1, 0.15) is 25.0 Å². The summed E-state index contributed by atoms with van der Waals surface area (Å²) in [5.74, 6) is 1.52. The summed E-state index contributed by atoms with van der Waals surface area (Å²) in [5.41, 5.74) is 0.906. The zero-order valence-corrected chi connectivity index (χ0v) is 15.6. The molecule has 6 nitrogen and oxygen atoms in total. The van der Waals surface area contributed by atoms with E-state index in [1.165, 1.54) is 0 Å². The van der Waals surface area contributed by atoms with Crippen molar-refractivity contribution in [3.8, 4) is 5.75 Å². The second-order valence-electron chi connectivity index (χ2n) is 6.44. The summed E-state index contributed by atoms with van der Waals surface area (Å²) in [4.78, 5) is 16.4. The predicted octanol–water partition coefficient (Wildman–Crippen LogP) is 2.36. The molecule has 0 radical (unpaired) electrons. The molecule has 3 rings (SSSR count). The van der Waals surface area contributed by atoms with Crippen molar-refractivity contribution >= 4 is 17.8 Å². The first kappa shape index (κ1) is 18.8. The Balaban J connectivity index is 1.59. The van der Waals surface area contributed by atoms with Crippen molar-refractivity contribution in [3.05, 3.63) is 60.3 Å². The van der Waals surface area contributed by atoms with Crippen molar-refractivity contribution in [1.82, 2.24) is 4.90 Å². The Hall–Kier alpha value is -3.02. The van der Waals surface area contributed by atoms with Crippen LogP contribution in [0.2, 0.25) is 0 Å². The molecule has 27 heavy (non-hydrogen) atoms. The van der Waals surface area contributed by atoms with E-state index in [1.54, 1.807) is 18.3 Å². The number of aromatic nitrogens is 1. The molecule has 0 bridgehead atoms. The number of benzene rings is 1. The fourth-order valence-corrected chi connectivity index (χ4v) is 3.06. The van der Waals surface area contributed by atoms with Crippen molar-refractivity contribution in [3.63, 3.8) is 0 Å². The van der Waals surface area contributed by atoms with Gasteiger partial charge in [-0.05, 0) is 24.6 Å². The number of pyridine rings is 1. The number of para-hydroxylation sites is 1. The summed E-state index contributed by atoms with van der Waals surface area (Å²) in [6.07, 6.45) is 5.97. The van der Waals surface area contributed by atoms with Gasteiger partial charge >= 0.3 is 5.82 Å². The number of piperazine rings is 1. The lowest BCUT2D eigenvalue weighted by Gasteiger charge is -2.30. The molecular formula is C21H26N3O3+. The van der Waals surface area contributed by atoms with Crippen LogP contribution < -0.4 is 14.4 Å². The van der Waals surface area contributed by atoms with E-state index in [1.807, 2.05) is 47.4 Å². The van der Waals surface area contributed by atoms with E-state index in [-0.39, 0.29) is 5.91 Å². The fraction of sp³-hybridized carbons (Fsp3) is 0.333. The number of hydrogen-bond donors (Lipinski definition) is 1. The maximum absolute atomic E-state index is 12.5. The highest BCUT2D eigenvalue weighted by Crippen LogP contribution is 2.20. The van der Waals surface area contributed by atoms with E-state index in [4.69, 9.17) is 4.74 Å². The molecule has 1 aromatic heterocycles. The molecule has 1 aliphatic heterocycles. The van der Waals surface area contributed by atoms with Gasteiger partial charge in [-0.3, -0.25) is 9.69 Å². The maximum Gasteiger partial charge on any atom is 0.316 e. The van der Waals surface area contributed by atoms with Gasteiger partial charge in [0.05, 0.1) is 19.7 Å². The Morgan fingerprint density at radius 2 is 1.89 bits per heavy atom. The van der Waals surface area contributed by atoms with Crippen molar-refractivity contribution in [1.29, 1.82) is 0 Å². The topological polar surface area (TPSA) is 56.9 Å². The molecule has 142 valence electrons. The summed E-state index contributed by atoms with van der Waals surface area (Å²) in [5, 5.41) is 9.91. The lowest BCUT2D eigenvalue weighted by atomic mass is 10.2. The Morgan fingerprint density at radius 1 is 1.15 bits per heavy atom. The van der Waals surface area contributed by atoms with Crippen molar-refractivity contribution < 1.29 is 19.5 Å². The number of rotatable bonds is 6. The summed E-state index contributed by atoms with van der Waals surface area (Å²) in [6, 6.07) is 13.3. The van der Waals surface area contributed by atoms with E-state index in [9.17, 15) is 10.0 Å². The largest absolute Gasteiger partial charge is 0.493 e. The quantitative estimate of drug-likeness (QED) is 0.483. The number of amides is 1. The molecule has 1 saturated heterocycles. The van der Waals surface area contributed by atoms with Crippen LogP contribution in [0.25, 0.3) is 6.08 Å². The first-order chi connectivity index (χ1) is 13.2. The third-order valence-corrected chi connectivity index (χ3v) is 4.52. The molecule has 6 heteroatoms. The van der Waals surface area contributed by atoms with Gasteiger partial charge in [-0.1, -0.05) is 35.9 Å². The summed E-state index contributed by atoms with van der Waals surface area (Å²) >= 11 is 0. The number of nitrogens with zero attached hydrogens (tertiary/aromatic N) is 3. The van der Waals surface area contributed by atoms with Gasteiger partial charge in [0, 0.05) is 17.7 Å². The second kappa shape index (κ2) is 9.07. The van der Waals surface area contributed by atoms with E-state index in [0.717, 1.165) is 28.3 Å². The molecule has 0 spiro atoms. The van der Waals surface area contributed by atoms with Crippen LogP contribution in [0.4, 0.5) is 5.82 Å². The molecule has 0 unspecified atom stereocenters. The van der Waals surface area contributed by atoms with Gasteiger partial charge in [-0.25, -0.2) is 0 Å².